The topological polar surface area (TPSA) is 47.3 Å². The van der Waals surface area contributed by atoms with E-state index in [-0.39, 0.29) is 6.04 Å². The van der Waals surface area contributed by atoms with Gasteiger partial charge in [0, 0.05) is 6.61 Å². The van der Waals surface area contributed by atoms with Gasteiger partial charge in [0.15, 0.2) is 0 Å². The Bertz CT molecular complexity index is 226. The highest BCUT2D eigenvalue weighted by Gasteiger charge is 2.07. The molecule has 0 radical (unpaired) electrons. The van der Waals surface area contributed by atoms with Crippen LogP contribution in [0.15, 0.2) is 30.3 Å². The fourth-order valence-electron chi connectivity index (χ4n) is 1.16. The molecule has 0 aliphatic carbocycles. The molecule has 3 N–H and O–H groups in total. The van der Waals surface area contributed by atoms with Gasteiger partial charge in [-0.3, -0.25) is 11.3 Å². The van der Waals surface area contributed by atoms with E-state index in [0.717, 1.165) is 5.56 Å². The van der Waals surface area contributed by atoms with Crippen molar-refractivity contribution in [3.8, 4) is 0 Å². The number of nitrogens with two attached hydrogens (primary N) is 1. The maximum atomic E-state index is 5.42. The molecule has 13 heavy (non-hydrogen) atoms. The number of hydrogen-bond acceptors (Lipinski definition) is 3. The molecular formula is C10H16N2O. The van der Waals surface area contributed by atoms with Crippen molar-refractivity contribution < 1.29 is 4.74 Å². The first-order chi connectivity index (χ1) is 6.38. The van der Waals surface area contributed by atoms with Gasteiger partial charge in [0.05, 0.1) is 12.6 Å². The molecule has 0 heterocycles. The Hall–Kier alpha value is -0.900. The van der Waals surface area contributed by atoms with E-state index < -0.39 is 0 Å². The smallest absolute Gasteiger partial charge is 0.0693 e. The van der Waals surface area contributed by atoms with Gasteiger partial charge in [0.1, 0.15) is 0 Å². The van der Waals surface area contributed by atoms with Crippen LogP contribution in [0.25, 0.3) is 0 Å². The zero-order valence-corrected chi connectivity index (χ0v) is 7.86. The van der Waals surface area contributed by atoms with Crippen molar-refractivity contribution in [2.24, 2.45) is 5.84 Å². The van der Waals surface area contributed by atoms with E-state index >= 15 is 0 Å². The van der Waals surface area contributed by atoms with Crippen LogP contribution in [0.5, 0.6) is 0 Å². The van der Waals surface area contributed by atoms with Crippen LogP contribution in [-0.2, 0) is 4.74 Å². The van der Waals surface area contributed by atoms with Gasteiger partial charge < -0.3 is 4.74 Å². The molecule has 3 heteroatoms. The number of hydrogen-bond donors (Lipinski definition) is 2. The molecule has 1 rings (SSSR count). The molecule has 0 aliphatic heterocycles. The Morgan fingerprint density at radius 3 is 2.62 bits per heavy atom. The van der Waals surface area contributed by atoms with Gasteiger partial charge in [-0.2, -0.15) is 0 Å². The highest BCUT2D eigenvalue weighted by atomic mass is 16.5. The predicted molar refractivity (Wildman–Crippen MR) is 53.0 cm³/mol. The van der Waals surface area contributed by atoms with Gasteiger partial charge in [-0.25, -0.2) is 0 Å². The van der Waals surface area contributed by atoms with Crippen LogP contribution in [0.4, 0.5) is 0 Å². The maximum Gasteiger partial charge on any atom is 0.0693 e. The van der Waals surface area contributed by atoms with Crippen molar-refractivity contribution in [3.63, 3.8) is 0 Å². The fraction of sp³-hybridized carbons (Fsp3) is 0.400. The van der Waals surface area contributed by atoms with Crippen LogP contribution >= 0.6 is 0 Å². The van der Waals surface area contributed by atoms with Crippen molar-refractivity contribution in [3.05, 3.63) is 35.9 Å². The summed E-state index contributed by atoms with van der Waals surface area (Å²) >= 11 is 0. The summed E-state index contributed by atoms with van der Waals surface area (Å²) in [6.45, 7) is 3.29. The molecular weight excluding hydrogens is 164 g/mol. The first-order valence-electron chi connectivity index (χ1n) is 4.47. The van der Waals surface area contributed by atoms with Crippen LogP contribution in [0, 0.1) is 0 Å². The highest BCUT2D eigenvalue weighted by molar-refractivity contribution is 5.18. The van der Waals surface area contributed by atoms with Gasteiger partial charge in [0.25, 0.3) is 0 Å². The van der Waals surface area contributed by atoms with Gasteiger partial charge in [0.2, 0.25) is 0 Å². The number of nitrogens with one attached hydrogen (secondary N) is 1. The molecule has 3 nitrogen and oxygen atoms in total. The summed E-state index contributed by atoms with van der Waals surface area (Å²) in [4.78, 5) is 0. The van der Waals surface area contributed by atoms with Crippen LogP contribution in [0.2, 0.25) is 0 Å². The molecule has 1 unspecified atom stereocenters. The summed E-state index contributed by atoms with van der Waals surface area (Å²) < 4.78 is 5.30. The lowest BCUT2D eigenvalue weighted by Gasteiger charge is -2.15. The summed E-state index contributed by atoms with van der Waals surface area (Å²) in [6, 6.07) is 10.1. The maximum absolute atomic E-state index is 5.42. The second kappa shape index (κ2) is 5.70. The van der Waals surface area contributed by atoms with Crippen molar-refractivity contribution in [1.29, 1.82) is 0 Å². The molecule has 0 spiro atoms. The number of benzene rings is 1. The summed E-state index contributed by atoms with van der Waals surface area (Å²) in [5, 5.41) is 0. The van der Waals surface area contributed by atoms with Crippen molar-refractivity contribution in [2.75, 3.05) is 13.2 Å². The Kier molecular flexibility index (Phi) is 4.46. The molecule has 0 bridgehead atoms. The zero-order chi connectivity index (χ0) is 9.52. The summed E-state index contributed by atoms with van der Waals surface area (Å²) in [7, 11) is 0. The number of ether oxygens (including phenoxy) is 1. The molecule has 1 aromatic rings. The molecule has 0 aromatic heterocycles. The highest BCUT2D eigenvalue weighted by Crippen LogP contribution is 2.11. The van der Waals surface area contributed by atoms with E-state index in [4.69, 9.17) is 10.6 Å². The van der Waals surface area contributed by atoms with Gasteiger partial charge >= 0.3 is 0 Å². The average molecular weight is 180 g/mol. The largest absolute Gasteiger partial charge is 0.380 e. The van der Waals surface area contributed by atoms with Gasteiger partial charge in [-0.15, -0.1) is 0 Å². The summed E-state index contributed by atoms with van der Waals surface area (Å²) in [6.07, 6.45) is 0. The van der Waals surface area contributed by atoms with E-state index in [1.165, 1.54) is 0 Å². The fourth-order valence-corrected chi connectivity index (χ4v) is 1.16. The van der Waals surface area contributed by atoms with Crippen LogP contribution in [0.3, 0.4) is 0 Å². The van der Waals surface area contributed by atoms with Gasteiger partial charge in [-0.05, 0) is 12.5 Å². The number of rotatable bonds is 5. The predicted octanol–water partition coefficient (Wildman–Crippen LogP) is 1.23. The third kappa shape index (κ3) is 3.14. The lowest BCUT2D eigenvalue weighted by atomic mass is 10.1. The Morgan fingerprint density at radius 1 is 1.38 bits per heavy atom. The molecule has 72 valence electrons. The quantitative estimate of drug-likeness (QED) is 0.529. The van der Waals surface area contributed by atoms with Crippen LogP contribution in [0.1, 0.15) is 18.5 Å². The lowest BCUT2D eigenvalue weighted by molar-refractivity contribution is 0.123. The molecule has 0 amide bonds. The van der Waals surface area contributed by atoms with E-state index in [1.54, 1.807) is 0 Å². The van der Waals surface area contributed by atoms with Crippen molar-refractivity contribution >= 4 is 0 Å². The number of hydrazine groups is 1. The monoisotopic (exact) mass is 180 g/mol. The van der Waals surface area contributed by atoms with E-state index in [0.29, 0.717) is 13.2 Å². The summed E-state index contributed by atoms with van der Waals surface area (Å²) in [5.74, 6) is 5.42. The molecule has 0 fully saturated rings. The third-order valence-corrected chi connectivity index (χ3v) is 1.89. The minimum atomic E-state index is 0.0844. The Morgan fingerprint density at radius 2 is 2.08 bits per heavy atom. The third-order valence-electron chi connectivity index (χ3n) is 1.89. The zero-order valence-electron chi connectivity index (χ0n) is 7.86. The molecule has 1 atom stereocenters. The first kappa shape index (κ1) is 10.2. The van der Waals surface area contributed by atoms with E-state index in [9.17, 15) is 0 Å². The Balaban J connectivity index is 2.56. The second-order valence-electron chi connectivity index (χ2n) is 2.79. The molecule has 1 aromatic carbocycles. The van der Waals surface area contributed by atoms with E-state index in [1.807, 2.05) is 37.3 Å². The Labute approximate surface area is 78.9 Å². The minimum absolute atomic E-state index is 0.0844. The second-order valence-corrected chi connectivity index (χ2v) is 2.79. The van der Waals surface area contributed by atoms with Gasteiger partial charge in [-0.1, -0.05) is 30.3 Å². The minimum Gasteiger partial charge on any atom is -0.380 e. The average Bonchev–Trinajstić information content (AvgIpc) is 2.21. The van der Waals surface area contributed by atoms with Crippen LogP contribution < -0.4 is 11.3 Å². The SMILES string of the molecule is CCOCC(NN)c1ccccc1. The van der Waals surface area contributed by atoms with Crippen LogP contribution in [-0.4, -0.2) is 13.2 Å². The standard InChI is InChI=1S/C10H16N2O/c1-2-13-8-10(12-11)9-6-4-3-5-7-9/h3-7,10,12H,2,8,11H2,1H3. The molecule has 0 aliphatic rings. The molecule has 0 saturated carbocycles. The normalized spacial score (nSPS) is 12.8. The molecule has 0 saturated heterocycles. The van der Waals surface area contributed by atoms with Crippen molar-refractivity contribution in [2.45, 2.75) is 13.0 Å². The van der Waals surface area contributed by atoms with Crippen molar-refractivity contribution in [1.82, 2.24) is 5.43 Å². The first-order valence-corrected chi connectivity index (χ1v) is 4.47. The lowest BCUT2D eigenvalue weighted by Crippen LogP contribution is -2.31. The summed E-state index contributed by atoms with van der Waals surface area (Å²) in [5.41, 5.74) is 3.88. The van der Waals surface area contributed by atoms with E-state index in [2.05, 4.69) is 5.43 Å².